The van der Waals surface area contributed by atoms with E-state index in [-0.39, 0.29) is 23.8 Å². The summed E-state index contributed by atoms with van der Waals surface area (Å²) in [7, 11) is -4.14. The van der Waals surface area contributed by atoms with E-state index in [4.69, 9.17) is 0 Å². The van der Waals surface area contributed by atoms with E-state index >= 15 is 0 Å². The van der Waals surface area contributed by atoms with E-state index in [9.17, 15) is 18.0 Å². The fourth-order valence-electron chi connectivity index (χ4n) is 5.19. The van der Waals surface area contributed by atoms with E-state index in [1.54, 1.807) is 30.3 Å². The van der Waals surface area contributed by atoms with Crippen molar-refractivity contribution < 1.29 is 18.0 Å². The van der Waals surface area contributed by atoms with Gasteiger partial charge in [0, 0.05) is 24.0 Å². The molecule has 45 heavy (non-hydrogen) atoms. The van der Waals surface area contributed by atoms with Gasteiger partial charge in [0.05, 0.1) is 10.6 Å². The maximum atomic E-state index is 14.5. The van der Waals surface area contributed by atoms with Crippen LogP contribution in [0.5, 0.6) is 0 Å². The van der Waals surface area contributed by atoms with Gasteiger partial charge in [0.1, 0.15) is 12.6 Å². The first-order valence-corrected chi connectivity index (χ1v) is 17.3. The van der Waals surface area contributed by atoms with Crippen molar-refractivity contribution in [3.63, 3.8) is 0 Å². The van der Waals surface area contributed by atoms with Gasteiger partial charge in [-0.15, -0.1) is 0 Å². The van der Waals surface area contributed by atoms with Crippen LogP contribution in [0.1, 0.15) is 42.0 Å². The molecule has 0 bridgehead atoms. The number of nitrogens with zero attached hydrogens (tertiary/aromatic N) is 2. The maximum Gasteiger partial charge on any atom is 0.264 e. The Morgan fingerprint density at radius 3 is 2.02 bits per heavy atom. The molecular formula is C36H40BrN3O4S. The van der Waals surface area contributed by atoms with E-state index in [0.29, 0.717) is 12.2 Å². The first-order chi connectivity index (χ1) is 21.6. The summed E-state index contributed by atoms with van der Waals surface area (Å²) in [5.74, 6) is -0.759. The quantitative estimate of drug-likeness (QED) is 0.147. The van der Waals surface area contributed by atoms with Crippen LogP contribution in [-0.4, -0.2) is 44.3 Å². The number of carbonyl (C=O) groups is 2. The number of amides is 2. The molecule has 1 atom stereocenters. The number of rotatable bonds is 14. The van der Waals surface area contributed by atoms with Gasteiger partial charge >= 0.3 is 0 Å². The van der Waals surface area contributed by atoms with Gasteiger partial charge in [-0.25, -0.2) is 8.42 Å². The minimum atomic E-state index is -4.14. The van der Waals surface area contributed by atoms with Crippen LogP contribution in [-0.2, 0) is 32.6 Å². The van der Waals surface area contributed by atoms with E-state index in [2.05, 4.69) is 21.2 Å². The molecule has 4 aromatic carbocycles. The van der Waals surface area contributed by atoms with Gasteiger partial charge < -0.3 is 10.2 Å². The smallest absolute Gasteiger partial charge is 0.264 e. The second kappa shape index (κ2) is 15.9. The highest BCUT2D eigenvalue weighted by molar-refractivity contribution is 9.10. The molecule has 0 radical (unpaired) electrons. The zero-order chi connectivity index (χ0) is 32.4. The molecule has 0 spiro atoms. The van der Waals surface area contributed by atoms with Crippen molar-refractivity contribution in [1.29, 1.82) is 0 Å². The van der Waals surface area contributed by atoms with E-state index in [1.165, 1.54) is 17.0 Å². The van der Waals surface area contributed by atoms with Crippen molar-refractivity contribution >= 4 is 43.5 Å². The van der Waals surface area contributed by atoms with Crippen LogP contribution in [0.15, 0.2) is 112 Å². The Morgan fingerprint density at radius 1 is 0.822 bits per heavy atom. The summed E-state index contributed by atoms with van der Waals surface area (Å²) in [6.45, 7) is 5.95. The number of halogens is 1. The number of unbranched alkanes of at least 4 members (excludes halogenated alkanes) is 1. The highest BCUT2D eigenvalue weighted by Gasteiger charge is 2.34. The SMILES string of the molecule is CCCCNC(=O)[C@H](Cc1ccccc1)N(Cc1ccc(Br)cc1)C(=O)CN(c1cc(C)cc(C)c1)S(=O)(=O)c1ccccc1. The van der Waals surface area contributed by atoms with Gasteiger partial charge in [-0.3, -0.25) is 13.9 Å². The third kappa shape index (κ3) is 9.28. The number of sulfonamides is 1. The number of aryl methyl sites for hydroxylation is 2. The summed E-state index contributed by atoms with van der Waals surface area (Å²) in [5, 5.41) is 3.02. The fourth-order valence-corrected chi connectivity index (χ4v) is 6.87. The molecule has 1 N–H and O–H groups in total. The first-order valence-electron chi connectivity index (χ1n) is 15.1. The largest absolute Gasteiger partial charge is 0.354 e. The molecule has 4 aromatic rings. The average Bonchev–Trinajstić information content (AvgIpc) is 3.02. The van der Waals surface area contributed by atoms with Crippen molar-refractivity contribution in [3.8, 4) is 0 Å². The molecule has 9 heteroatoms. The molecule has 0 saturated carbocycles. The zero-order valence-electron chi connectivity index (χ0n) is 25.9. The molecule has 0 heterocycles. The second-order valence-electron chi connectivity index (χ2n) is 11.2. The predicted octanol–water partition coefficient (Wildman–Crippen LogP) is 6.82. The lowest BCUT2D eigenvalue weighted by molar-refractivity contribution is -0.140. The van der Waals surface area contributed by atoms with Gasteiger partial charge in [0.15, 0.2) is 0 Å². The standard InChI is InChI=1S/C36H40BrN3O4S/c1-4-5-20-38-36(42)34(24-29-12-8-6-9-13-29)39(25-30-16-18-31(37)19-17-30)35(41)26-40(32-22-27(2)21-28(3)23-32)45(43,44)33-14-10-7-11-15-33/h6-19,21-23,34H,4-5,20,24-26H2,1-3H3,(H,38,42)/t34-/m0/s1. The predicted molar refractivity (Wildman–Crippen MR) is 183 cm³/mol. The lowest BCUT2D eigenvalue weighted by atomic mass is 10.0. The van der Waals surface area contributed by atoms with Crippen molar-refractivity contribution in [2.45, 2.75) is 57.5 Å². The Morgan fingerprint density at radius 2 is 1.42 bits per heavy atom. The highest BCUT2D eigenvalue weighted by Crippen LogP contribution is 2.27. The number of benzene rings is 4. The van der Waals surface area contributed by atoms with Crippen LogP contribution < -0.4 is 9.62 Å². The summed E-state index contributed by atoms with van der Waals surface area (Å²) >= 11 is 3.47. The summed E-state index contributed by atoms with van der Waals surface area (Å²) in [6.07, 6.45) is 1.99. The van der Waals surface area contributed by atoms with Gasteiger partial charge in [-0.05, 0) is 78.9 Å². The Bertz CT molecular complexity index is 1660. The maximum absolute atomic E-state index is 14.5. The molecule has 236 valence electrons. The number of carbonyl (C=O) groups excluding carboxylic acids is 2. The zero-order valence-corrected chi connectivity index (χ0v) is 28.4. The summed E-state index contributed by atoms with van der Waals surface area (Å²) in [6, 6.07) is 29.8. The normalized spacial score (nSPS) is 11.9. The van der Waals surface area contributed by atoms with Crippen LogP contribution in [0.3, 0.4) is 0 Å². The number of nitrogens with one attached hydrogen (secondary N) is 1. The molecule has 0 aliphatic heterocycles. The Labute approximate surface area is 275 Å². The van der Waals surface area contributed by atoms with Crippen molar-refractivity contribution in [2.24, 2.45) is 0 Å². The fraction of sp³-hybridized carbons (Fsp3) is 0.278. The Kier molecular flexibility index (Phi) is 12.0. The van der Waals surface area contributed by atoms with E-state index in [0.717, 1.165) is 43.9 Å². The van der Waals surface area contributed by atoms with Gasteiger partial charge in [0.25, 0.3) is 10.0 Å². The lowest BCUT2D eigenvalue weighted by Crippen LogP contribution is -2.53. The average molecular weight is 691 g/mol. The third-order valence-electron chi connectivity index (χ3n) is 7.47. The molecule has 0 aliphatic carbocycles. The van der Waals surface area contributed by atoms with Crippen molar-refractivity contribution in [3.05, 3.63) is 130 Å². The molecule has 7 nitrogen and oxygen atoms in total. The second-order valence-corrected chi connectivity index (χ2v) is 13.9. The number of hydrogen-bond acceptors (Lipinski definition) is 4. The Balaban J connectivity index is 1.80. The minimum Gasteiger partial charge on any atom is -0.354 e. The van der Waals surface area contributed by atoms with E-state index < -0.39 is 28.5 Å². The lowest BCUT2D eigenvalue weighted by Gasteiger charge is -2.34. The van der Waals surface area contributed by atoms with Gasteiger partial charge in [-0.2, -0.15) is 0 Å². The molecule has 0 unspecified atom stereocenters. The topological polar surface area (TPSA) is 86.8 Å². The van der Waals surface area contributed by atoms with Gasteiger partial charge in [0.2, 0.25) is 11.8 Å². The van der Waals surface area contributed by atoms with Crippen LogP contribution in [0.25, 0.3) is 0 Å². The van der Waals surface area contributed by atoms with Crippen molar-refractivity contribution in [2.75, 3.05) is 17.4 Å². The highest BCUT2D eigenvalue weighted by atomic mass is 79.9. The van der Waals surface area contributed by atoms with Crippen LogP contribution >= 0.6 is 15.9 Å². The molecular weight excluding hydrogens is 650 g/mol. The molecule has 4 rings (SSSR count). The third-order valence-corrected chi connectivity index (χ3v) is 9.79. The molecule has 0 saturated heterocycles. The summed E-state index contributed by atoms with van der Waals surface area (Å²) < 4.78 is 30.3. The first kappa shape index (κ1) is 33.9. The summed E-state index contributed by atoms with van der Waals surface area (Å²) in [5.41, 5.74) is 3.84. The van der Waals surface area contributed by atoms with Gasteiger partial charge in [-0.1, -0.05) is 96.0 Å². The molecule has 2 amide bonds. The number of hydrogen-bond donors (Lipinski definition) is 1. The molecule has 0 fully saturated rings. The Hall–Kier alpha value is -3.95. The van der Waals surface area contributed by atoms with E-state index in [1.807, 2.05) is 81.4 Å². The van der Waals surface area contributed by atoms with Crippen LogP contribution in [0.4, 0.5) is 5.69 Å². The monoisotopic (exact) mass is 689 g/mol. The summed E-state index contributed by atoms with van der Waals surface area (Å²) in [4.78, 5) is 30.0. The minimum absolute atomic E-state index is 0.0783. The van der Waals surface area contributed by atoms with Crippen LogP contribution in [0, 0.1) is 13.8 Å². The van der Waals surface area contributed by atoms with Crippen LogP contribution in [0.2, 0.25) is 0 Å². The van der Waals surface area contributed by atoms with Crippen molar-refractivity contribution in [1.82, 2.24) is 10.2 Å². The number of anilines is 1. The molecule has 0 aliphatic rings. The molecule has 0 aromatic heterocycles.